The highest BCUT2D eigenvalue weighted by Gasteiger charge is 2.29. The highest BCUT2D eigenvalue weighted by atomic mass is 79.9. The van der Waals surface area contributed by atoms with E-state index in [0.717, 1.165) is 17.3 Å². The van der Waals surface area contributed by atoms with E-state index in [4.69, 9.17) is 5.73 Å². The van der Waals surface area contributed by atoms with Gasteiger partial charge >= 0.3 is 0 Å². The maximum absolute atomic E-state index is 11.4. The number of carbonyl (C=O) groups excluding carboxylic acids is 2. The van der Waals surface area contributed by atoms with Crippen molar-refractivity contribution in [3.63, 3.8) is 0 Å². The largest absolute Gasteiger partial charge is 0.398 e. The second kappa shape index (κ2) is 3.66. The lowest BCUT2D eigenvalue weighted by atomic mass is 10.0. The molecule has 0 saturated carbocycles. The number of imide groups is 1. The van der Waals surface area contributed by atoms with Gasteiger partial charge in [-0.3, -0.25) is 14.9 Å². The van der Waals surface area contributed by atoms with E-state index < -0.39 is 5.91 Å². The smallest absolute Gasteiger partial charge is 0.261 e. The number of nitrogens with two attached hydrogens (primary N) is 1. The number of rotatable bonds is 2. The minimum absolute atomic E-state index is 0.318. The molecular formula is C10H9BrN2O2. The van der Waals surface area contributed by atoms with E-state index in [2.05, 4.69) is 21.2 Å². The van der Waals surface area contributed by atoms with E-state index in [0.29, 0.717) is 16.8 Å². The van der Waals surface area contributed by atoms with E-state index in [1.54, 1.807) is 12.1 Å². The van der Waals surface area contributed by atoms with Gasteiger partial charge in [-0.25, -0.2) is 0 Å². The molecule has 0 atom stereocenters. The van der Waals surface area contributed by atoms with E-state index in [9.17, 15) is 9.59 Å². The van der Waals surface area contributed by atoms with Crippen LogP contribution in [0.5, 0.6) is 0 Å². The molecule has 1 aromatic rings. The predicted octanol–water partition coefficient (Wildman–Crippen LogP) is 1.09. The number of anilines is 1. The first-order chi connectivity index (χ1) is 7.15. The molecule has 2 amide bonds. The topological polar surface area (TPSA) is 72.2 Å². The van der Waals surface area contributed by atoms with Gasteiger partial charge in [0.1, 0.15) is 0 Å². The zero-order chi connectivity index (χ0) is 11.0. The summed E-state index contributed by atoms with van der Waals surface area (Å²) < 4.78 is 0. The molecule has 15 heavy (non-hydrogen) atoms. The van der Waals surface area contributed by atoms with Crippen LogP contribution in [-0.4, -0.2) is 17.1 Å². The van der Waals surface area contributed by atoms with Crippen molar-refractivity contribution in [1.29, 1.82) is 0 Å². The Morgan fingerprint density at radius 1 is 1.27 bits per heavy atom. The summed E-state index contributed by atoms with van der Waals surface area (Å²) in [5.74, 6) is -0.768. The van der Waals surface area contributed by atoms with Crippen LogP contribution in [0, 0.1) is 0 Å². The van der Waals surface area contributed by atoms with E-state index in [1.807, 2.05) is 0 Å². The fourth-order valence-electron chi connectivity index (χ4n) is 1.65. The van der Waals surface area contributed by atoms with Gasteiger partial charge < -0.3 is 5.73 Å². The van der Waals surface area contributed by atoms with Gasteiger partial charge in [0, 0.05) is 11.0 Å². The average Bonchev–Trinajstić information content (AvgIpc) is 2.47. The van der Waals surface area contributed by atoms with Gasteiger partial charge in [0.15, 0.2) is 0 Å². The molecule has 3 N–H and O–H groups in total. The van der Waals surface area contributed by atoms with Crippen LogP contribution in [0.3, 0.4) is 0 Å². The summed E-state index contributed by atoms with van der Waals surface area (Å²) in [6.45, 7) is 0. The zero-order valence-corrected chi connectivity index (χ0v) is 9.43. The van der Waals surface area contributed by atoms with Crippen molar-refractivity contribution in [2.24, 2.45) is 0 Å². The van der Waals surface area contributed by atoms with Gasteiger partial charge in [0.05, 0.1) is 11.1 Å². The number of halogens is 1. The van der Waals surface area contributed by atoms with Gasteiger partial charge in [-0.05, 0) is 18.1 Å². The fraction of sp³-hybridized carbons (Fsp3) is 0.200. The van der Waals surface area contributed by atoms with Crippen molar-refractivity contribution >= 4 is 33.4 Å². The molecule has 1 aromatic carbocycles. The van der Waals surface area contributed by atoms with Crippen LogP contribution >= 0.6 is 15.9 Å². The Morgan fingerprint density at radius 2 is 2.00 bits per heavy atom. The third-order valence-corrected chi connectivity index (χ3v) is 2.79. The molecule has 4 nitrogen and oxygen atoms in total. The third-order valence-electron chi connectivity index (χ3n) is 2.40. The number of amides is 2. The molecule has 2 rings (SSSR count). The van der Waals surface area contributed by atoms with Crippen LogP contribution in [0.2, 0.25) is 0 Å². The first-order valence-corrected chi connectivity index (χ1v) is 5.60. The Morgan fingerprint density at radius 3 is 2.67 bits per heavy atom. The number of aryl methyl sites for hydroxylation is 1. The lowest BCUT2D eigenvalue weighted by Crippen LogP contribution is -2.20. The molecule has 0 fully saturated rings. The number of nitrogens with one attached hydrogen (secondary N) is 1. The fourth-order valence-corrected chi connectivity index (χ4v) is 2.08. The standard InChI is InChI=1S/C10H9BrN2O2/c11-4-3-5-1-2-6-7(8(5)12)10(15)13-9(6)14/h1-2H,3-4,12H2,(H,13,14,15). The molecule has 0 aromatic heterocycles. The Labute approximate surface area is 95.0 Å². The van der Waals surface area contributed by atoms with E-state index >= 15 is 0 Å². The molecule has 0 radical (unpaired) electrons. The van der Waals surface area contributed by atoms with Gasteiger partial charge in [-0.15, -0.1) is 0 Å². The molecule has 5 heteroatoms. The normalized spacial score (nSPS) is 13.9. The van der Waals surface area contributed by atoms with Crippen LogP contribution in [0.4, 0.5) is 5.69 Å². The van der Waals surface area contributed by atoms with Gasteiger partial charge in [-0.2, -0.15) is 0 Å². The maximum atomic E-state index is 11.4. The molecule has 0 unspecified atom stereocenters. The molecule has 1 heterocycles. The quantitative estimate of drug-likeness (QED) is 0.479. The van der Waals surface area contributed by atoms with Gasteiger partial charge in [0.2, 0.25) is 0 Å². The Hall–Kier alpha value is -1.36. The summed E-state index contributed by atoms with van der Waals surface area (Å²) in [6.07, 6.45) is 0.737. The molecule has 78 valence electrons. The lowest BCUT2D eigenvalue weighted by molar-refractivity contribution is 0.0880. The van der Waals surface area contributed by atoms with Crippen molar-refractivity contribution in [2.45, 2.75) is 6.42 Å². The number of carbonyl (C=O) groups is 2. The SMILES string of the molecule is Nc1c(CCBr)ccc2c1C(=O)NC2=O. The Bertz CT molecular complexity index is 457. The maximum Gasteiger partial charge on any atom is 0.261 e. The first kappa shape index (κ1) is 10.2. The van der Waals surface area contributed by atoms with Crippen LogP contribution in [0.25, 0.3) is 0 Å². The monoisotopic (exact) mass is 268 g/mol. The molecular weight excluding hydrogens is 260 g/mol. The van der Waals surface area contributed by atoms with Gasteiger partial charge in [0.25, 0.3) is 11.8 Å². The van der Waals surface area contributed by atoms with E-state index in [1.165, 1.54) is 0 Å². The highest BCUT2D eigenvalue weighted by Crippen LogP contribution is 2.26. The Kier molecular flexibility index (Phi) is 2.48. The second-order valence-electron chi connectivity index (χ2n) is 3.28. The minimum Gasteiger partial charge on any atom is -0.398 e. The number of nitrogen functional groups attached to an aromatic ring is 1. The molecule has 1 aliphatic rings. The average molecular weight is 269 g/mol. The Balaban J connectivity index is 2.58. The number of benzene rings is 1. The van der Waals surface area contributed by atoms with Crippen molar-refractivity contribution in [1.82, 2.24) is 5.32 Å². The van der Waals surface area contributed by atoms with E-state index in [-0.39, 0.29) is 5.91 Å². The van der Waals surface area contributed by atoms with Crippen LogP contribution < -0.4 is 11.1 Å². The van der Waals surface area contributed by atoms with Crippen molar-refractivity contribution in [3.8, 4) is 0 Å². The highest BCUT2D eigenvalue weighted by molar-refractivity contribution is 9.09. The molecule has 0 saturated heterocycles. The lowest BCUT2D eigenvalue weighted by Gasteiger charge is -2.06. The molecule has 1 aliphatic heterocycles. The summed E-state index contributed by atoms with van der Waals surface area (Å²) in [5.41, 5.74) is 7.83. The van der Waals surface area contributed by atoms with Crippen LogP contribution in [0.15, 0.2) is 12.1 Å². The first-order valence-electron chi connectivity index (χ1n) is 4.48. The van der Waals surface area contributed by atoms with Crippen molar-refractivity contribution in [3.05, 3.63) is 28.8 Å². The third kappa shape index (κ3) is 1.52. The summed E-state index contributed by atoms with van der Waals surface area (Å²) in [7, 11) is 0. The second-order valence-corrected chi connectivity index (χ2v) is 4.08. The number of alkyl halides is 1. The minimum atomic E-state index is -0.399. The zero-order valence-electron chi connectivity index (χ0n) is 7.84. The van der Waals surface area contributed by atoms with Crippen molar-refractivity contribution < 1.29 is 9.59 Å². The van der Waals surface area contributed by atoms with Crippen LogP contribution in [0.1, 0.15) is 26.3 Å². The summed E-state index contributed by atoms with van der Waals surface area (Å²) in [6, 6.07) is 3.43. The summed E-state index contributed by atoms with van der Waals surface area (Å²) >= 11 is 3.30. The molecule has 0 spiro atoms. The van der Waals surface area contributed by atoms with Crippen molar-refractivity contribution in [2.75, 3.05) is 11.1 Å². The van der Waals surface area contributed by atoms with Crippen LogP contribution in [-0.2, 0) is 6.42 Å². The molecule has 0 bridgehead atoms. The molecule has 0 aliphatic carbocycles. The predicted molar refractivity (Wildman–Crippen MR) is 60.1 cm³/mol. The number of fused-ring (bicyclic) bond motifs is 1. The number of hydrogen-bond donors (Lipinski definition) is 2. The summed E-state index contributed by atoms with van der Waals surface area (Å²) in [5, 5.41) is 2.99. The summed E-state index contributed by atoms with van der Waals surface area (Å²) in [4.78, 5) is 22.7. The van der Waals surface area contributed by atoms with Gasteiger partial charge in [-0.1, -0.05) is 22.0 Å². The number of hydrogen-bond acceptors (Lipinski definition) is 3.